The van der Waals surface area contributed by atoms with Gasteiger partial charge in [-0.25, -0.2) is 0 Å². The van der Waals surface area contributed by atoms with Crippen molar-refractivity contribution in [1.29, 1.82) is 0 Å². The summed E-state index contributed by atoms with van der Waals surface area (Å²) in [6.45, 7) is 1.86. The number of carbonyl (C=O) groups excluding carboxylic acids is 1. The minimum Gasteiger partial charge on any atom is -0.312 e. The van der Waals surface area contributed by atoms with Gasteiger partial charge >= 0.3 is 0 Å². The summed E-state index contributed by atoms with van der Waals surface area (Å²) in [6.07, 6.45) is 1.03. The summed E-state index contributed by atoms with van der Waals surface area (Å²) in [4.78, 5) is 12.4. The highest BCUT2D eigenvalue weighted by atomic mass is 35.5. The fraction of sp³-hybridized carbons (Fsp3) is 0.188. The lowest BCUT2D eigenvalue weighted by atomic mass is 9.95. The first-order valence-electron chi connectivity index (χ1n) is 6.37. The molecule has 0 saturated heterocycles. The van der Waals surface area contributed by atoms with Crippen molar-refractivity contribution in [3.8, 4) is 0 Å². The molecule has 2 aromatic rings. The molecule has 19 heavy (non-hydrogen) atoms. The van der Waals surface area contributed by atoms with E-state index in [1.807, 2.05) is 12.1 Å². The molecule has 96 valence electrons. The van der Waals surface area contributed by atoms with E-state index in [1.165, 1.54) is 11.1 Å². The fourth-order valence-corrected chi connectivity index (χ4v) is 2.52. The van der Waals surface area contributed by atoms with Gasteiger partial charge in [0, 0.05) is 22.7 Å². The molecule has 0 bridgehead atoms. The van der Waals surface area contributed by atoms with Crippen LogP contribution < -0.4 is 5.32 Å². The molecule has 1 aliphatic heterocycles. The maximum atomic E-state index is 12.4. The van der Waals surface area contributed by atoms with Crippen LogP contribution in [0.25, 0.3) is 0 Å². The van der Waals surface area contributed by atoms with E-state index in [1.54, 1.807) is 24.3 Å². The van der Waals surface area contributed by atoms with Crippen molar-refractivity contribution in [3.05, 3.63) is 69.7 Å². The molecule has 2 aromatic carbocycles. The van der Waals surface area contributed by atoms with Crippen molar-refractivity contribution in [2.75, 3.05) is 6.54 Å². The van der Waals surface area contributed by atoms with Crippen LogP contribution in [0.15, 0.2) is 42.5 Å². The van der Waals surface area contributed by atoms with Gasteiger partial charge in [-0.2, -0.15) is 0 Å². The maximum absolute atomic E-state index is 12.4. The Balaban J connectivity index is 1.93. The van der Waals surface area contributed by atoms with Gasteiger partial charge in [0.1, 0.15) is 0 Å². The summed E-state index contributed by atoms with van der Waals surface area (Å²) < 4.78 is 0. The number of hydrogen-bond donors (Lipinski definition) is 1. The highest BCUT2D eigenvalue weighted by Crippen LogP contribution is 2.19. The number of fused-ring (bicyclic) bond motifs is 1. The second-order valence-electron chi connectivity index (χ2n) is 4.75. The smallest absolute Gasteiger partial charge is 0.193 e. The van der Waals surface area contributed by atoms with E-state index >= 15 is 0 Å². The van der Waals surface area contributed by atoms with Crippen molar-refractivity contribution in [3.63, 3.8) is 0 Å². The number of halogens is 1. The van der Waals surface area contributed by atoms with E-state index < -0.39 is 0 Å². The van der Waals surface area contributed by atoms with Crippen molar-refractivity contribution >= 4 is 17.4 Å². The molecule has 0 aromatic heterocycles. The molecule has 0 saturated carbocycles. The molecule has 0 spiro atoms. The van der Waals surface area contributed by atoms with Crippen LogP contribution in [0.4, 0.5) is 0 Å². The van der Waals surface area contributed by atoms with Crippen molar-refractivity contribution < 1.29 is 4.79 Å². The van der Waals surface area contributed by atoms with Crippen LogP contribution in [0.2, 0.25) is 5.02 Å². The molecule has 1 aliphatic rings. The molecule has 1 heterocycles. The van der Waals surface area contributed by atoms with E-state index in [2.05, 4.69) is 11.4 Å². The number of carbonyl (C=O) groups is 1. The first kappa shape index (κ1) is 12.4. The second-order valence-corrected chi connectivity index (χ2v) is 5.18. The first-order chi connectivity index (χ1) is 9.24. The topological polar surface area (TPSA) is 29.1 Å². The van der Waals surface area contributed by atoms with Gasteiger partial charge in [0.2, 0.25) is 0 Å². The van der Waals surface area contributed by atoms with E-state index in [4.69, 9.17) is 11.6 Å². The Morgan fingerprint density at radius 3 is 2.53 bits per heavy atom. The average molecular weight is 272 g/mol. The van der Waals surface area contributed by atoms with Crippen LogP contribution in [0.5, 0.6) is 0 Å². The third-order valence-electron chi connectivity index (χ3n) is 3.46. The zero-order chi connectivity index (χ0) is 13.2. The third-order valence-corrected chi connectivity index (χ3v) is 3.71. The molecule has 2 nitrogen and oxygen atoms in total. The molecule has 0 aliphatic carbocycles. The Labute approximate surface area is 117 Å². The van der Waals surface area contributed by atoms with E-state index in [9.17, 15) is 4.79 Å². The van der Waals surface area contributed by atoms with Gasteiger partial charge in [0.25, 0.3) is 0 Å². The quantitative estimate of drug-likeness (QED) is 0.850. The normalized spacial score (nSPS) is 13.9. The van der Waals surface area contributed by atoms with Gasteiger partial charge < -0.3 is 5.32 Å². The monoisotopic (exact) mass is 271 g/mol. The molecule has 1 N–H and O–H groups in total. The highest BCUT2D eigenvalue weighted by Gasteiger charge is 2.13. The summed E-state index contributed by atoms with van der Waals surface area (Å²) in [5, 5.41) is 3.97. The van der Waals surface area contributed by atoms with Crippen LogP contribution in [0, 0.1) is 0 Å². The SMILES string of the molecule is O=C(c1ccc(Cl)cc1)c1ccc2c(c1)CNCC2. The Morgan fingerprint density at radius 1 is 1.00 bits per heavy atom. The van der Waals surface area contributed by atoms with E-state index in [-0.39, 0.29) is 5.78 Å². The Bertz CT molecular complexity index is 619. The number of ketones is 1. The molecule has 0 fully saturated rings. The molecule has 0 atom stereocenters. The standard InChI is InChI=1S/C16H14ClNO/c17-15-5-3-12(4-6-15)16(19)13-2-1-11-7-8-18-10-14(11)9-13/h1-6,9,18H,7-8,10H2. The van der Waals surface area contributed by atoms with Crippen LogP contribution in [-0.4, -0.2) is 12.3 Å². The number of benzene rings is 2. The molecule has 0 unspecified atom stereocenters. The molecular weight excluding hydrogens is 258 g/mol. The summed E-state index contributed by atoms with van der Waals surface area (Å²) in [6, 6.07) is 13.0. The lowest BCUT2D eigenvalue weighted by Crippen LogP contribution is -2.23. The first-order valence-corrected chi connectivity index (χ1v) is 6.74. The van der Waals surface area contributed by atoms with Crippen LogP contribution in [0.1, 0.15) is 27.0 Å². The summed E-state index contributed by atoms with van der Waals surface area (Å²) in [5.41, 5.74) is 3.98. The number of hydrogen-bond acceptors (Lipinski definition) is 2. The van der Waals surface area contributed by atoms with E-state index in [0.717, 1.165) is 25.1 Å². The Kier molecular flexibility index (Phi) is 3.36. The van der Waals surface area contributed by atoms with Crippen molar-refractivity contribution in [2.45, 2.75) is 13.0 Å². The zero-order valence-corrected chi connectivity index (χ0v) is 11.2. The molecular formula is C16H14ClNO. The summed E-state index contributed by atoms with van der Waals surface area (Å²) in [7, 11) is 0. The fourth-order valence-electron chi connectivity index (χ4n) is 2.39. The minimum absolute atomic E-state index is 0.0463. The van der Waals surface area contributed by atoms with Crippen LogP contribution in [0.3, 0.4) is 0 Å². The van der Waals surface area contributed by atoms with Gasteiger partial charge in [-0.3, -0.25) is 4.79 Å². The van der Waals surface area contributed by atoms with Crippen LogP contribution >= 0.6 is 11.6 Å². The van der Waals surface area contributed by atoms with Crippen molar-refractivity contribution in [2.24, 2.45) is 0 Å². The molecule has 0 radical (unpaired) electrons. The second kappa shape index (κ2) is 5.16. The molecule has 3 rings (SSSR count). The highest BCUT2D eigenvalue weighted by molar-refractivity contribution is 6.30. The predicted octanol–water partition coefficient (Wildman–Crippen LogP) is 3.22. The molecule has 3 heteroatoms. The van der Waals surface area contributed by atoms with Gasteiger partial charge in [-0.1, -0.05) is 23.7 Å². The van der Waals surface area contributed by atoms with Gasteiger partial charge in [0.05, 0.1) is 0 Å². The lowest BCUT2D eigenvalue weighted by molar-refractivity contribution is 0.103. The predicted molar refractivity (Wildman–Crippen MR) is 76.7 cm³/mol. The maximum Gasteiger partial charge on any atom is 0.193 e. The van der Waals surface area contributed by atoms with Crippen molar-refractivity contribution in [1.82, 2.24) is 5.32 Å². The number of nitrogens with one attached hydrogen (secondary N) is 1. The average Bonchev–Trinajstić information content (AvgIpc) is 2.47. The van der Waals surface area contributed by atoms with Gasteiger partial charge in [0.15, 0.2) is 5.78 Å². The minimum atomic E-state index is 0.0463. The van der Waals surface area contributed by atoms with Gasteiger partial charge in [-0.15, -0.1) is 0 Å². The Hall–Kier alpha value is -1.64. The lowest BCUT2D eigenvalue weighted by Gasteiger charge is -2.17. The summed E-state index contributed by atoms with van der Waals surface area (Å²) >= 11 is 5.84. The van der Waals surface area contributed by atoms with E-state index in [0.29, 0.717) is 10.6 Å². The Morgan fingerprint density at radius 2 is 1.74 bits per heavy atom. The third kappa shape index (κ3) is 2.55. The summed E-state index contributed by atoms with van der Waals surface area (Å²) in [5.74, 6) is 0.0463. The van der Waals surface area contributed by atoms with Crippen LogP contribution in [-0.2, 0) is 13.0 Å². The number of rotatable bonds is 2. The van der Waals surface area contributed by atoms with Gasteiger partial charge in [-0.05, 0) is 54.4 Å². The zero-order valence-electron chi connectivity index (χ0n) is 10.4. The largest absolute Gasteiger partial charge is 0.312 e. The molecule has 0 amide bonds.